The Morgan fingerprint density at radius 3 is 2.37 bits per heavy atom. The zero-order valence-electron chi connectivity index (χ0n) is 23.5. The summed E-state index contributed by atoms with van der Waals surface area (Å²) in [5.41, 5.74) is 6.55. The standard InChI is InChI=1S/C31H33F4N5O3/c1-39(14-15-40-16-18-43-19-17-40)29(30(42)38-26-12-11-23(20-24(26)32)31(33,34)35)22-9-6-21(7-10-22)8-13-28(41)37-27-5-3-2-4-25(27)36/h2-13,20,29H,14-19,36H2,1H3,(H,37,41)(H,38,42)/b13-8+. The number of halogens is 4. The Balaban J connectivity index is 1.50. The predicted octanol–water partition coefficient (Wildman–Crippen LogP) is 5.02. The number of nitrogens with two attached hydrogens (primary N) is 1. The second-order valence-corrected chi connectivity index (χ2v) is 10.1. The van der Waals surface area contributed by atoms with Gasteiger partial charge in [0.25, 0.3) is 0 Å². The van der Waals surface area contributed by atoms with Gasteiger partial charge in [-0.2, -0.15) is 13.2 Å². The molecule has 1 aliphatic rings. The van der Waals surface area contributed by atoms with Crippen molar-refractivity contribution in [3.8, 4) is 0 Å². The van der Waals surface area contributed by atoms with E-state index in [4.69, 9.17) is 10.5 Å². The highest BCUT2D eigenvalue weighted by atomic mass is 19.4. The van der Waals surface area contributed by atoms with Gasteiger partial charge in [-0.3, -0.25) is 19.4 Å². The lowest BCUT2D eigenvalue weighted by atomic mass is 10.0. The topological polar surface area (TPSA) is 99.9 Å². The van der Waals surface area contributed by atoms with Crippen molar-refractivity contribution in [2.45, 2.75) is 12.2 Å². The molecule has 0 aliphatic carbocycles. The number of carbonyl (C=O) groups is 2. The Morgan fingerprint density at radius 2 is 1.72 bits per heavy atom. The molecule has 4 N–H and O–H groups in total. The molecule has 1 aliphatic heterocycles. The van der Waals surface area contributed by atoms with Gasteiger partial charge in [0.2, 0.25) is 11.8 Å². The monoisotopic (exact) mass is 599 g/mol. The molecule has 0 bridgehead atoms. The van der Waals surface area contributed by atoms with E-state index in [0.717, 1.165) is 25.2 Å². The van der Waals surface area contributed by atoms with Crippen molar-refractivity contribution in [1.82, 2.24) is 9.80 Å². The normalized spacial score (nSPS) is 15.0. The minimum Gasteiger partial charge on any atom is -0.397 e. The number of hydrogen-bond acceptors (Lipinski definition) is 6. The summed E-state index contributed by atoms with van der Waals surface area (Å²) < 4.78 is 58.9. The maximum Gasteiger partial charge on any atom is 0.416 e. The number of nitrogens with one attached hydrogen (secondary N) is 2. The summed E-state index contributed by atoms with van der Waals surface area (Å²) in [6, 6.07) is 14.9. The van der Waals surface area contributed by atoms with Gasteiger partial charge in [-0.15, -0.1) is 0 Å². The van der Waals surface area contributed by atoms with Crippen LogP contribution in [-0.4, -0.2) is 68.1 Å². The second kappa shape index (κ2) is 14.3. The number of alkyl halides is 3. The fourth-order valence-corrected chi connectivity index (χ4v) is 4.60. The first-order chi connectivity index (χ1) is 20.5. The molecule has 0 radical (unpaired) electrons. The van der Waals surface area contributed by atoms with Crippen LogP contribution in [0, 0.1) is 5.82 Å². The van der Waals surface area contributed by atoms with Crippen LogP contribution >= 0.6 is 0 Å². The van der Waals surface area contributed by atoms with E-state index in [1.165, 1.54) is 6.08 Å². The Morgan fingerprint density at radius 1 is 1.02 bits per heavy atom. The molecule has 2 amide bonds. The van der Waals surface area contributed by atoms with Crippen molar-refractivity contribution in [3.05, 3.63) is 95.3 Å². The number of morpholine rings is 1. The van der Waals surface area contributed by atoms with Crippen LogP contribution in [0.25, 0.3) is 6.08 Å². The van der Waals surface area contributed by atoms with Crippen molar-refractivity contribution in [2.75, 3.05) is 62.8 Å². The Labute approximate surface area is 247 Å². The minimum absolute atomic E-state index is 0.353. The lowest BCUT2D eigenvalue weighted by Gasteiger charge is -2.32. The third kappa shape index (κ3) is 8.87. The summed E-state index contributed by atoms with van der Waals surface area (Å²) >= 11 is 0. The van der Waals surface area contributed by atoms with Crippen LogP contribution in [0.15, 0.2) is 72.8 Å². The van der Waals surface area contributed by atoms with Gasteiger partial charge in [0, 0.05) is 32.3 Å². The summed E-state index contributed by atoms with van der Waals surface area (Å²) in [7, 11) is 1.75. The molecule has 1 saturated heterocycles. The van der Waals surface area contributed by atoms with E-state index in [-0.39, 0.29) is 11.6 Å². The third-order valence-electron chi connectivity index (χ3n) is 7.01. The Bertz CT molecular complexity index is 1440. The molecule has 1 atom stereocenters. The molecule has 0 aromatic heterocycles. The Kier molecular flexibility index (Phi) is 10.5. The van der Waals surface area contributed by atoms with Gasteiger partial charge in [-0.1, -0.05) is 36.4 Å². The number of nitrogen functional groups attached to an aromatic ring is 1. The number of amides is 2. The molecule has 3 aromatic rings. The lowest BCUT2D eigenvalue weighted by molar-refractivity contribution is -0.137. The van der Waals surface area contributed by atoms with E-state index in [2.05, 4.69) is 15.5 Å². The maximum absolute atomic E-state index is 14.6. The quantitative estimate of drug-likeness (QED) is 0.172. The number of carbonyl (C=O) groups excluding carboxylic acids is 2. The predicted molar refractivity (Wildman–Crippen MR) is 158 cm³/mol. The number of benzene rings is 3. The molecule has 1 unspecified atom stereocenters. The van der Waals surface area contributed by atoms with E-state index in [0.29, 0.717) is 54.9 Å². The van der Waals surface area contributed by atoms with Crippen LogP contribution in [-0.2, 0) is 20.5 Å². The van der Waals surface area contributed by atoms with Gasteiger partial charge in [-0.25, -0.2) is 4.39 Å². The van der Waals surface area contributed by atoms with Gasteiger partial charge in [0.1, 0.15) is 11.9 Å². The molecule has 3 aromatic carbocycles. The molecule has 0 saturated carbocycles. The van der Waals surface area contributed by atoms with E-state index in [1.807, 2.05) is 0 Å². The Hall–Kier alpha value is -4.26. The molecule has 43 heavy (non-hydrogen) atoms. The fourth-order valence-electron chi connectivity index (χ4n) is 4.60. The van der Waals surface area contributed by atoms with Crippen LogP contribution in [0.3, 0.4) is 0 Å². The van der Waals surface area contributed by atoms with E-state index < -0.39 is 29.5 Å². The van der Waals surface area contributed by atoms with Crippen molar-refractivity contribution in [3.63, 3.8) is 0 Å². The van der Waals surface area contributed by atoms with Crippen LogP contribution in [0.2, 0.25) is 0 Å². The van der Waals surface area contributed by atoms with Crippen LogP contribution in [0.1, 0.15) is 22.7 Å². The van der Waals surface area contributed by atoms with Crippen LogP contribution < -0.4 is 16.4 Å². The molecule has 12 heteroatoms. The van der Waals surface area contributed by atoms with E-state index in [1.54, 1.807) is 66.6 Å². The highest BCUT2D eigenvalue weighted by Crippen LogP contribution is 2.32. The number of rotatable bonds is 10. The van der Waals surface area contributed by atoms with E-state index >= 15 is 0 Å². The number of nitrogens with zero attached hydrogens (tertiary/aromatic N) is 2. The van der Waals surface area contributed by atoms with Crippen molar-refractivity contribution in [1.29, 1.82) is 0 Å². The molecular formula is C31H33F4N5O3. The fraction of sp³-hybridized carbons (Fsp3) is 0.290. The number of hydrogen-bond donors (Lipinski definition) is 3. The summed E-state index contributed by atoms with van der Waals surface area (Å²) in [6.07, 6.45) is -1.75. The highest BCUT2D eigenvalue weighted by molar-refractivity contribution is 6.03. The first-order valence-electron chi connectivity index (χ1n) is 13.6. The van der Waals surface area contributed by atoms with Gasteiger partial charge >= 0.3 is 6.18 Å². The summed E-state index contributed by atoms with van der Waals surface area (Å²) in [5, 5.41) is 5.16. The molecule has 4 rings (SSSR count). The first kappa shape index (κ1) is 31.7. The average Bonchev–Trinajstić information content (AvgIpc) is 2.98. The summed E-state index contributed by atoms with van der Waals surface area (Å²) in [5.74, 6) is -2.17. The number of para-hydroxylation sites is 2. The summed E-state index contributed by atoms with van der Waals surface area (Å²) in [6.45, 7) is 3.89. The van der Waals surface area contributed by atoms with Gasteiger partial charge < -0.3 is 21.1 Å². The molecule has 0 spiro atoms. The maximum atomic E-state index is 14.6. The average molecular weight is 600 g/mol. The van der Waals surface area contributed by atoms with E-state index in [9.17, 15) is 27.2 Å². The minimum atomic E-state index is -4.71. The van der Waals surface area contributed by atoms with Crippen molar-refractivity contribution >= 4 is 35.0 Å². The van der Waals surface area contributed by atoms with Gasteiger partial charge in [0.05, 0.1) is 35.8 Å². The van der Waals surface area contributed by atoms with Crippen molar-refractivity contribution < 1.29 is 31.9 Å². The third-order valence-corrected chi connectivity index (χ3v) is 7.01. The second-order valence-electron chi connectivity index (χ2n) is 10.1. The zero-order valence-corrected chi connectivity index (χ0v) is 23.5. The van der Waals surface area contributed by atoms with Crippen molar-refractivity contribution in [2.24, 2.45) is 0 Å². The number of ether oxygens (including phenoxy) is 1. The zero-order chi connectivity index (χ0) is 31.0. The largest absolute Gasteiger partial charge is 0.416 e. The highest BCUT2D eigenvalue weighted by Gasteiger charge is 2.32. The summed E-state index contributed by atoms with van der Waals surface area (Å²) in [4.78, 5) is 29.8. The molecular weight excluding hydrogens is 566 g/mol. The molecule has 1 heterocycles. The number of anilines is 3. The number of likely N-dealkylation sites (N-methyl/N-ethyl adjacent to an activating group) is 1. The molecule has 1 fully saturated rings. The first-order valence-corrected chi connectivity index (χ1v) is 13.6. The van der Waals surface area contributed by atoms with Crippen LogP contribution in [0.5, 0.6) is 0 Å². The van der Waals surface area contributed by atoms with Gasteiger partial charge in [-0.05, 0) is 54.6 Å². The van der Waals surface area contributed by atoms with Gasteiger partial charge in [0.15, 0.2) is 0 Å². The smallest absolute Gasteiger partial charge is 0.397 e. The molecule has 228 valence electrons. The van der Waals surface area contributed by atoms with Crippen LogP contribution in [0.4, 0.5) is 34.6 Å². The lowest BCUT2D eigenvalue weighted by Crippen LogP contribution is -2.43. The molecule has 8 nitrogen and oxygen atoms in total. The SMILES string of the molecule is CN(CCN1CCOCC1)C(C(=O)Nc1ccc(C(F)(F)F)cc1F)c1ccc(/C=C/C(=O)Nc2ccccc2N)cc1.